The lowest BCUT2D eigenvalue weighted by Crippen LogP contribution is -2.40. The van der Waals surface area contributed by atoms with Gasteiger partial charge in [-0.25, -0.2) is 0 Å². The van der Waals surface area contributed by atoms with Crippen LogP contribution in [0, 0.1) is 11.3 Å². The second kappa shape index (κ2) is 6.37. The number of rotatable bonds is 6. The van der Waals surface area contributed by atoms with Crippen molar-refractivity contribution in [3.63, 3.8) is 0 Å². The van der Waals surface area contributed by atoms with Crippen molar-refractivity contribution in [3.8, 4) is 5.75 Å². The maximum Gasteiger partial charge on any atom is 0.123 e. The average molecular weight is 289 g/mol. The highest BCUT2D eigenvalue weighted by molar-refractivity contribution is 5.37. The summed E-state index contributed by atoms with van der Waals surface area (Å²) in [4.78, 5) is 0. The van der Waals surface area contributed by atoms with Gasteiger partial charge < -0.3 is 14.8 Å². The number of fused-ring (bicyclic) bond motifs is 1. The monoisotopic (exact) mass is 289 g/mol. The second-order valence-electron chi connectivity index (χ2n) is 7.08. The number of para-hydroxylation sites is 1. The van der Waals surface area contributed by atoms with Gasteiger partial charge in [0.05, 0.1) is 6.61 Å². The fourth-order valence-corrected chi connectivity index (χ4v) is 3.50. The molecule has 0 radical (unpaired) electrons. The number of ether oxygens (including phenoxy) is 2. The molecular weight excluding hydrogens is 262 g/mol. The summed E-state index contributed by atoms with van der Waals surface area (Å²) >= 11 is 0. The van der Waals surface area contributed by atoms with Crippen LogP contribution in [-0.2, 0) is 11.2 Å². The minimum atomic E-state index is 0.252. The Kier molecular flexibility index (Phi) is 4.51. The standard InChI is InChI=1S/C18H27NO2/c1-14(2)11-19-12-18(7-8-20-13-18)10-16-9-15-5-3-4-6-17(15)21-16/h3-6,14,16,19H,7-13H2,1-2H3. The molecule has 0 spiro atoms. The van der Waals surface area contributed by atoms with Crippen LogP contribution in [0.4, 0.5) is 0 Å². The molecule has 2 aliphatic heterocycles. The normalized spacial score (nSPS) is 27.9. The molecule has 1 N–H and O–H groups in total. The molecule has 21 heavy (non-hydrogen) atoms. The van der Waals surface area contributed by atoms with E-state index in [-0.39, 0.29) is 5.41 Å². The zero-order valence-electron chi connectivity index (χ0n) is 13.2. The summed E-state index contributed by atoms with van der Waals surface area (Å²) < 4.78 is 11.8. The first-order valence-electron chi connectivity index (χ1n) is 8.20. The number of benzene rings is 1. The molecule has 2 aliphatic rings. The van der Waals surface area contributed by atoms with E-state index < -0.39 is 0 Å². The Bertz CT molecular complexity index is 441. The lowest BCUT2D eigenvalue weighted by molar-refractivity contribution is 0.101. The molecule has 1 aromatic rings. The van der Waals surface area contributed by atoms with Gasteiger partial charge in [0.15, 0.2) is 0 Å². The van der Waals surface area contributed by atoms with Crippen molar-refractivity contribution < 1.29 is 9.47 Å². The van der Waals surface area contributed by atoms with Crippen molar-refractivity contribution >= 4 is 0 Å². The lowest BCUT2D eigenvalue weighted by Gasteiger charge is -2.30. The van der Waals surface area contributed by atoms with Crippen molar-refractivity contribution in [1.29, 1.82) is 0 Å². The van der Waals surface area contributed by atoms with Gasteiger partial charge in [-0.2, -0.15) is 0 Å². The van der Waals surface area contributed by atoms with Crippen LogP contribution >= 0.6 is 0 Å². The second-order valence-corrected chi connectivity index (χ2v) is 7.08. The topological polar surface area (TPSA) is 30.5 Å². The third kappa shape index (κ3) is 3.58. The van der Waals surface area contributed by atoms with Gasteiger partial charge in [-0.1, -0.05) is 32.0 Å². The van der Waals surface area contributed by atoms with Crippen molar-refractivity contribution in [2.75, 3.05) is 26.3 Å². The summed E-state index contributed by atoms with van der Waals surface area (Å²) in [5.41, 5.74) is 1.61. The molecule has 3 nitrogen and oxygen atoms in total. The van der Waals surface area contributed by atoms with Crippen LogP contribution in [0.1, 0.15) is 32.3 Å². The van der Waals surface area contributed by atoms with Crippen LogP contribution in [0.2, 0.25) is 0 Å². The third-order valence-electron chi connectivity index (χ3n) is 4.61. The molecule has 2 atom stereocenters. The number of nitrogens with one attached hydrogen (secondary N) is 1. The summed E-state index contributed by atoms with van der Waals surface area (Å²) in [7, 11) is 0. The molecule has 0 aliphatic carbocycles. The average Bonchev–Trinajstić information content (AvgIpc) is 3.05. The summed E-state index contributed by atoms with van der Waals surface area (Å²) in [5.74, 6) is 1.77. The Morgan fingerprint density at radius 1 is 1.33 bits per heavy atom. The number of hydrogen-bond acceptors (Lipinski definition) is 3. The van der Waals surface area contributed by atoms with Gasteiger partial charge in [0.1, 0.15) is 11.9 Å². The molecule has 1 saturated heterocycles. The first-order chi connectivity index (χ1) is 10.2. The molecule has 2 heterocycles. The van der Waals surface area contributed by atoms with E-state index in [9.17, 15) is 0 Å². The fraction of sp³-hybridized carbons (Fsp3) is 0.667. The quantitative estimate of drug-likeness (QED) is 0.873. The highest BCUT2D eigenvalue weighted by Gasteiger charge is 2.39. The van der Waals surface area contributed by atoms with E-state index in [2.05, 4.69) is 43.4 Å². The molecule has 1 fully saturated rings. The fourth-order valence-electron chi connectivity index (χ4n) is 3.50. The third-order valence-corrected chi connectivity index (χ3v) is 4.61. The molecule has 0 amide bonds. The zero-order chi connectivity index (χ0) is 14.7. The van der Waals surface area contributed by atoms with Crippen molar-refractivity contribution in [1.82, 2.24) is 5.32 Å². The van der Waals surface area contributed by atoms with Gasteiger partial charge in [-0.3, -0.25) is 0 Å². The summed E-state index contributed by atoms with van der Waals surface area (Å²) in [5, 5.41) is 3.63. The Hall–Kier alpha value is -1.06. The summed E-state index contributed by atoms with van der Waals surface area (Å²) in [6.07, 6.45) is 3.59. The molecule has 1 aromatic carbocycles. The van der Waals surface area contributed by atoms with E-state index >= 15 is 0 Å². The highest BCUT2D eigenvalue weighted by Crippen LogP contribution is 2.38. The van der Waals surface area contributed by atoms with E-state index in [0.29, 0.717) is 12.0 Å². The predicted molar refractivity (Wildman–Crippen MR) is 84.8 cm³/mol. The van der Waals surface area contributed by atoms with Crippen molar-refractivity contribution in [2.24, 2.45) is 11.3 Å². The lowest BCUT2D eigenvalue weighted by atomic mass is 9.80. The van der Waals surface area contributed by atoms with E-state index in [0.717, 1.165) is 51.3 Å². The van der Waals surface area contributed by atoms with E-state index in [1.54, 1.807) is 0 Å². The summed E-state index contributed by atoms with van der Waals surface area (Å²) in [6, 6.07) is 8.43. The van der Waals surface area contributed by atoms with Crippen LogP contribution in [0.25, 0.3) is 0 Å². The van der Waals surface area contributed by atoms with Gasteiger partial charge in [-0.05, 0) is 36.9 Å². The number of hydrogen-bond donors (Lipinski definition) is 1. The molecule has 0 bridgehead atoms. The van der Waals surface area contributed by atoms with Gasteiger partial charge in [0.25, 0.3) is 0 Å². The highest BCUT2D eigenvalue weighted by atomic mass is 16.5. The van der Waals surface area contributed by atoms with E-state index in [4.69, 9.17) is 9.47 Å². The predicted octanol–water partition coefficient (Wildman–Crippen LogP) is 3.03. The van der Waals surface area contributed by atoms with Crippen LogP contribution < -0.4 is 10.1 Å². The molecule has 0 aromatic heterocycles. The molecular formula is C18H27NO2. The summed E-state index contributed by atoms with van der Waals surface area (Å²) in [6.45, 7) is 8.38. The molecule has 116 valence electrons. The minimum Gasteiger partial charge on any atom is -0.490 e. The minimum absolute atomic E-state index is 0.252. The molecule has 2 unspecified atom stereocenters. The van der Waals surface area contributed by atoms with Crippen LogP contribution in [0.3, 0.4) is 0 Å². The van der Waals surface area contributed by atoms with E-state index in [1.807, 2.05) is 0 Å². The van der Waals surface area contributed by atoms with Crippen LogP contribution in [0.5, 0.6) is 5.75 Å². The van der Waals surface area contributed by atoms with E-state index in [1.165, 1.54) is 5.56 Å². The molecule has 3 rings (SSSR count). The SMILES string of the molecule is CC(C)CNCC1(CC2Cc3ccccc3O2)CCOC1. The van der Waals surface area contributed by atoms with Gasteiger partial charge in [-0.15, -0.1) is 0 Å². The maximum atomic E-state index is 6.14. The zero-order valence-corrected chi connectivity index (χ0v) is 13.2. The first-order valence-corrected chi connectivity index (χ1v) is 8.20. The van der Waals surface area contributed by atoms with Gasteiger partial charge in [0.2, 0.25) is 0 Å². The first kappa shape index (κ1) is 14.9. The van der Waals surface area contributed by atoms with Crippen molar-refractivity contribution in [2.45, 2.75) is 39.2 Å². The van der Waals surface area contributed by atoms with Gasteiger partial charge >= 0.3 is 0 Å². The molecule has 3 heteroatoms. The molecule has 0 saturated carbocycles. The Morgan fingerprint density at radius 2 is 2.19 bits per heavy atom. The largest absolute Gasteiger partial charge is 0.490 e. The maximum absolute atomic E-state index is 6.14. The Labute approximate surface area is 128 Å². The van der Waals surface area contributed by atoms with Crippen molar-refractivity contribution in [3.05, 3.63) is 29.8 Å². The van der Waals surface area contributed by atoms with Gasteiger partial charge in [0, 0.05) is 25.0 Å². The Balaban J connectivity index is 1.59. The Morgan fingerprint density at radius 3 is 2.90 bits per heavy atom. The van der Waals surface area contributed by atoms with Crippen LogP contribution in [-0.4, -0.2) is 32.4 Å². The smallest absolute Gasteiger partial charge is 0.123 e. The van der Waals surface area contributed by atoms with Crippen LogP contribution in [0.15, 0.2) is 24.3 Å².